The molecule has 3 amide bonds. The third-order valence-corrected chi connectivity index (χ3v) is 3.78. The maximum Gasteiger partial charge on any atom is 0.254 e. The van der Waals surface area contributed by atoms with Gasteiger partial charge in [-0.3, -0.25) is 19.3 Å². The maximum absolute atomic E-state index is 12.4. The highest BCUT2D eigenvalue weighted by atomic mass is 16.2. The van der Waals surface area contributed by atoms with Crippen LogP contribution in [0.1, 0.15) is 19.8 Å². The molecule has 106 valence electrons. The zero-order chi connectivity index (χ0) is 14.9. The second-order valence-electron chi connectivity index (χ2n) is 4.91. The fraction of sp³-hybridized carbons (Fsp3) is 0.400. The standard InChI is InChI=1S/C15H18N2O3/c1-4-6-10-9-17(14(19)11(10)5-2)12-7-8-13(18)16(3)15(12)20/h4-6,12H,1,7-9H2,2-3H3/b10-6-,11-5+. The molecule has 0 bridgehead atoms. The first-order valence-corrected chi connectivity index (χ1v) is 6.61. The Balaban J connectivity index is 2.28. The lowest BCUT2D eigenvalue weighted by molar-refractivity contribution is -0.153. The Kier molecular flexibility index (Phi) is 3.88. The van der Waals surface area contributed by atoms with Crippen LogP contribution in [0, 0.1) is 0 Å². The summed E-state index contributed by atoms with van der Waals surface area (Å²) in [5, 5.41) is 0. The van der Waals surface area contributed by atoms with Crippen LogP contribution in [-0.2, 0) is 14.4 Å². The second kappa shape index (κ2) is 5.45. The molecule has 0 aromatic rings. The molecule has 0 N–H and O–H groups in total. The number of allylic oxidation sites excluding steroid dienone is 3. The van der Waals surface area contributed by atoms with E-state index in [-0.39, 0.29) is 17.7 Å². The van der Waals surface area contributed by atoms with Crippen molar-refractivity contribution < 1.29 is 14.4 Å². The molecule has 5 heteroatoms. The molecule has 0 radical (unpaired) electrons. The molecular formula is C15H18N2O3. The van der Waals surface area contributed by atoms with Crippen LogP contribution in [0.15, 0.2) is 36.0 Å². The number of rotatable bonds is 2. The van der Waals surface area contributed by atoms with Crippen molar-refractivity contribution in [1.82, 2.24) is 9.80 Å². The van der Waals surface area contributed by atoms with E-state index in [9.17, 15) is 14.4 Å². The van der Waals surface area contributed by atoms with Gasteiger partial charge in [-0.25, -0.2) is 0 Å². The molecule has 20 heavy (non-hydrogen) atoms. The third-order valence-electron chi connectivity index (χ3n) is 3.78. The van der Waals surface area contributed by atoms with Gasteiger partial charge in [0.2, 0.25) is 5.91 Å². The molecule has 2 saturated heterocycles. The summed E-state index contributed by atoms with van der Waals surface area (Å²) in [5.41, 5.74) is 1.47. The number of carbonyl (C=O) groups is 3. The van der Waals surface area contributed by atoms with Crippen LogP contribution in [0.4, 0.5) is 0 Å². The van der Waals surface area contributed by atoms with E-state index < -0.39 is 6.04 Å². The van der Waals surface area contributed by atoms with E-state index in [1.807, 2.05) is 0 Å². The van der Waals surface area contributed by atoms with Gasteiger partial charge in [0, 0.05) is 25.6 Å². The monoisotopic (exact) mass is 274 g/mol. The Labute approximate surface area is 118 Å². The van der Waals surface area contributed by atoms with E-state index in [1.165, 1.54) is 7.05 Å². The summed E-state index contributed by atoms with van der Waals surface area (Å²) in [7, 11) is 1.47. The Hall–Kier alpha value is -2.17. The minimum atomic E-state index is -0.545. The molecule has 5 nitrogen and oxygen atoms in total. The van der Waals surface area contributed by atoms with Crippen molar-refractivity contribution >= 4 is 17.7 Å². The molecular weight excluding hydrogens is 256 g/mol. The zero-order valence-corrected chi connectivity index (χ0v) is 11.8. The van der Waals surface area contributed by atoms with Crippen molar-refractivity contribution in [3.8, 4) is 0 Å². The molecule has 0 aromatic carbocycles. The van der Waals surface area contributed by atoms with Crippen LogP contribution in [-0.4, -0.2) is 47.2 Å². The Bertz CT molecular complexity index is 545. The van der Waals surface area contributed by atoms with Crippen molar-refractivity contribution in [2.24, 2.45) is 0 Å². The van der Waals surface area contributed by atoms with Crippen LogP contribution in [0.5, 0.6) is 0 Å². The normalized spacial score (nSPS) is 27.9. The van der Waals surface area contributed by atoms with E-state index in [1.54, 1.807) is 30.1 Å². The van der Waals surface area contributed by atoms with Gasteiger partial charge in [-0.1, -0.05) is 24.8 Å². The van der Waals surface area contributed by atoms with E-state index >= 15 is 0 Å². The van der Waals surface area contributed by atoms with Crippen LogP contribution < -0.4 is 0 Å². The number of carbonyl (C=O) groups excluding carboxylic acids is 3. The number of nitrogens with zero attached hydrogens (tertiary/aromatic N) is 2. The van der Waals surface area contributed by atoms with Crippen molar-refractivity contribution in [2.75, 3.05) is 13.6 Å². The van der Waals surface area contributed by atoms with Crippen LogP contribution >= 0.6 is 0 Å². The predicted molar refractivity (Wildman–Crippen MR) is 74.5 cm³/mol. The number of likely N-dealkylation sites (N-methyl/N-ethyl adjacent to an activating group) is 1. The summed E-state index contributed by atoms with van der Waals surface area (Å²) in [6, 6.07) is -0.545. The van der Waals surface area contributed by atoms with Gasteiger partial charge in [-0.05, 0) is 18.9 Å². The van der Waals surface area contributed by atoms with Gasteiger partial charge in [-0.15, -0.1) is 0 Å². The summed E-state index contributed by atoms with van der Waals surface area (Å²) in [6.07, 6.45) is 5.86. The Morgan fingerprint density at radius 3 is 2.60 bits per heavy atom. The van der Waals surface area contributed by atoms with Crippen LogP contribution in [0.3, 0.4) is 0 Å². The van der Waals surface area contributed by atoms with Gasteiger partial charge in [0.15, 0.2) is 0 Å². The van der Waals surface area contributed by atoms with Crippen molar-refractivity contribution in [3.05, 3.63) is 36.0 Å². The van der Waals surface area contributed by atoms with Crippen LogP contribution in [0.2, 0.25) is 0 Å². The van der Waals surface area contributed by atoms with E-state index in [0.717, 1.165) is 10.5 Å². The first-order valence-electron chi connectivity index (χ1n) is 6.61. The quantitative estimate of drug-likeness (QED) is 0.558. The first-order chi connectivity index (χ1) is 9.51. The molecule has 2 aliphatic rings. The molecule has 2 fully saturated rings. The Morgan fingerprint density at radius 2 is 2.00 bits per heavy atom. The average Bonchev–Trinajstić information content (AvgIpc) is 2.73. The molecule has 2 heterocycles. The van der Waals surface area contributed by atoms with Crippen LogP contribution in [0.25, 0.3) is 0 Å². The number of piperidine rings is 1. The zero-order valence-electron chi connectivity index (χ0n) is 11.8. The summed E-state index contributed by atoms with van der Waals surface area (Å²) in [4.78, 5) is 38.7. The highest BCUT2D eigenvalue weighted by molar-refractivity contribution is 6.06. The van der Waals surface area contributed by atoms with E-state index in [0.29, 0.717) is 25.0 Å². The maximum atomic E-state index is 12.4. The van der Waals surface area contributed by atoms with Gasteiger partial charge < -0.3 is 4.90 Å². The topological polar surface area (TPSA) is 57.7 Å². The molecule has 0 aliphatic carbocycles. The smallest absolute Gasteiger partial charge is 0.254 e. The summed E-state index contributed by atoms with van der Waals surface area (Å²) in [6.45, 7) is 5.83. The number of amides is 3. The van der Waals surface area contributed by atoms with Crippen molar-refractivity contribution in [1.29, 1.82) is 0 Å². The minimum absolute atomic E-state index is 0.151. The fourth-order valence-electron chi connectivity index (χ4n) is 2.66. The van der Waals surface area contributed by atoms with E-state index in [2.05, 4.69) is 6.58 Å². The Morgan fingerprint density at radius 1 is 1.30 bits per heavy atom. The lowest BCUT2D eigenvalue weighted by atomic mass is 10.0. The molecule has 1 atom stereocenters. The van der Waals surface area contributed by atoms with Gasteiger partial charge in [0.05, 0.1) is 0 Å². The minimum Gasteiger partial charge on any atom is -0.322 e. The average molecular weight is 274 g/mol. The van der Waals surface area contributed by atoms with Crippen molar-refractivity contribution in [2.45, 2.75) is 25.8 Å². The van der Waals surface area contributed by atoms with Gasteiger partial charge >= 0.3 is 0 Å². The molecule has 0 aromatic heterocycles. The summed E-state index contributed by atoms with van der Waals surface area (Å²) >= 11 is 0. The largest absolute Gasteiger partial charge is 0.322 e. The SMILES string of the molecule is C=C/C=C1/CN(C2CCC(=O)N(C)C2=O)C(=O)/C1=C/C. The van der Waals surface area contributed by atoms with Gasteiger partial charge in [0.1, 0.15) is 6.04 Å². The molecule has 2 aliphatic heterocycles. The van der Waals surface area contributed by atoms with Crippen molar-refractivity contribution in [3.63, 3.8) is 0 Å². The highest BCUT2D eigenvalue weighted by Crippen LogP contribution is 2.29. The number of hydrogen-bond acceptors (Lipinski definition) is 3. The first kappa shape index (κ1) is 14.2. The number of hydrogen-bond donors (Lipinski definition) is 0. The lowest BCUT2D eigenvalue weighted by Crippen LogP contribution is -2.53. The third kappa shape index (κ3) is 2.19. The predicted octanol–water partition coefficient (Wildman–Crippen LogP) is 1.03. The lowest BCUT2D eigenvalue weighted by Gasteiger charge is -2.33. The van der Waals surface area contributed by atoms with Gasteiger partial charge in [-0.2, -0.15) is 0 Å². The molecule has 0 spiro atoms. The summed E-state index contributed by atoms with van der Waals surface area (Å²) < 4.78 is 0. The van der Waals surface area contributed by atoms with E-state index in [4.69, 9.17) is 0 Å². The van der Waals surface area contributed by atoms with Gasteiger partial charge in [0.25, 0.3) is 11.8 Å². The molecule has 0 saturated carbocycles. The molecule has 1 unspecified atom stereocenters. The number of likely N-dealkylation sites (tertiary alicyclic amines) is 2. The number of imide groups is 1. The second-order valence-corrected chi connectivity index (χ2v) is 4.91. The summed E-state index contributed by atoms with van der Waals surface area (Å²) in [5.74, 6) is -0.641. The fourth-order valence-corrected chi connectivity index (χ4v) is 2.66. The molecule has 2 rings (SSSR count). The highest BCUT2D eigenvalue weighted by Gasteiger charge is 2.42.